The van der Waals surface area contributed by atoms with Crippen LogP contribution in [0.1, 0.15) is 20.7 Å². The molecule has 0 bridgehead atoms. The van der Waals surface area contributed by atoms with Gasteiger partial charge in [0.05, 0.1) is 0 Å². The van der Waals surface area contributed by atoms with Gasteiger partial charge in [0.1, 0.15) is 0 Å². The maximum absolute atomic E-state index is 13.5. The van der Waals surface area contributed by atoms with Crippen LogP contribution < -0.4 is 0 Å². The molecule has 0 spiro atoms. The van der Waals surface area contributed by atoms with Crippen LogP contribution in [0.5, 0.6) is 0 Å². The molecular weight excluding hydrogens is 344 g/mol. The Balaban J connectivity index is 2.23. The first-order valence-electron chi connectivity index (χ1n) is 8.83. The highest BCUT2D eigenvalue weighted by molar-refractivity contribution is 6.31. The molecule has 0 saturated heterocycles. The number of benzene rings is 2. The summed E-state index contributed by atoms with van der Waals surface area (Å²) < 4.78 is 0. The number of Topliss-reactive ketones (excluding diaryl/α,β-unsaturated/α-hetero) is 2. The second-order valence-corrected chi connectivity index (χ2v) is 6.34. The number of fused-ring (bicyclic) bond motifs is 1. The van der Waals surface area contributed by atoms with Gasteiger partial charge in [0, 0.05) is 22.3 Å². The summed E-state index contributed by atoms with van der Waals surface area (Å²) >= 11 is 0. The molecule has 0 fully saturated rings. The summed E-state index contributed by atoms with van der Waals surface area (Å²) in [6.45, 7) is 15.4. The molecule has 1 aliphatic rings. The van der Waals surface area contributed by atoms with E-state index in [1.165, 1.54) is 6.08 Å². The third kappa shape index (κ3) is 3.17. The van der Waals surface area contributed by atoms with E-state index in [0.29, 0.717) is 22.3 Å². The zero-order valence-electron chi connectivity index (χ0n) is 15.6. The van der Waals surface area contributed by atoms with Gasteiger partial charge in [-0.15, -0.1) is 0 Å². The van der Waals surface area contributed by atoms with Gasteiger partial charge in [-0.3, -0.25) is 9.59 Å². The van der Waals surface area contributed by atoms with E-state index in [4.69, 9.17) is 0 Å². The molecule has 2 aromatic rings. The van der Waals surface area contributed by atoms with Crippen LogP contribution in [0.4, 0.5) is 0 Å². The fraction of sp³-hybridized carbons (Fsp3) is 0. The Hall–Kier alpha value is -3.78. The van der Waals surface area contributed by atoms with Crippen LogP contribution in [0.2, 0.25) is 0 Å². The topological polar surface area (TPSA) is 34.1 Å². The molecule has 0 saturated carbocycles. The van der Waals surface area contributed by atoms with Crippen LogP contribution in [-0.4, -0.2) is 11.6 Å². The molecule has 2 heteroatoms. The zero-order chi connectivity index (χ0) is 20.3. The van der Waals surface area contributed by atoms with Crippen LogP contribution in [0.3, 0.4) is 0 Å². The van der Waals surface area contributed by atoms with Crippen LogP contribution in [0.15, 0.2) is 121 Å². The van der Waals surface area contributed by atoms with E-state index in [2.05, 4.69) is 26.3 Å². The second-order valence-electron chi connectivity index (χ2n) is 6.34. The van der Waals surface area contributed by atoms with Crippen molar-refractivity contribution in [2.45, 2.75) is 0 Å². The van der Waals surface area contributed by atoms with Crippen molar-refractivity contribution in [2.75, 3.05) is 0 Å². The first-order valence-corrected chi connectivity index (χ1v) is 8.83. The Bertz CT molecular complexity index is 1090. The predicted molar refractivity (Wildman–Crippen MR) is 115 cm³/mol. The summed E-state index contributed by atoms with van der Waals surface area (Å²) in [7, 11) is 0. The van der Waals surface area contributed by atoms with E-state index in [1.54, 1.807) is 30.4 Å². The summed E-state index contributed by atoms with van der Waals surface area (Å²) in [5, 5.41) is 0. The molecule has 28 heavy (non-hydrogen) atoms. The average Bonchev–Trinajstić information content (AvgIpc) is 2.73. The van der Waals surface area contributed by atoms with Crippen molar-refractivity contribution in [2.24, 2.45) is 0 Å². The lowest BCUT2D eigenvalue weighted by Gasteiger charge is -2.23. The molecule has 0 radical (unpaired) electrons. The van der Waals surface area contributed by atoms with Gasteiger partial charge in [0.25, 0.3) is 0 Å². The highest BCUT2D eigenvalue weighted by Crippen LogP contribution is 2.37. The quantitative estimate of drug-likeness (QED) is 0.583. The Kier molecular flexibility index (Phi) is 5.32. The smallest absolute Gasteiger partial charge is 0.195 e. The highest BCUT2D eigenvalue weighted by Gasteiger charge is 2.34. The van der Waals surface area contributed by atoms with Crippen LogP contribution in [0.25, 0.3) is 11.1 Å². The van der Waals surface area contributed by atoms with Gasteiger partial charge in [0.15, 0.2) is 11.6 Å². The molecular formula is C26H20O2. The molecule has 0 aliphatic heterocycles. The van der Waals surface area contributed by atoms with Crippen molar-refractivity contribution in [3.05, 3.63) is 133 Å². The van der Waals surface area contributed by atoms with Gasteiger partial charge in [-0.05, 0) is 22.3 Å². The third-order valence-electron chi connectivity index (χ3n) is 4.69. The third-order valence-corrected chi connectivity index (χ3v) is 4.69. The van der Waals surface area contributed by atoms with E-state index >= 15 is 0 Å². The van der Waals surface area contributed by atoms with Crippen molar-refractivity contribution < 1.29 is 9.59 Å². The minimum Gasteiger partial charge on any atom is -0.289 e. The van der Waals surface area contributed by atoms with Gasteiger partial charge in [-0.2, -0.15) is 0 Å². The van der Waals surface area contributed by atoms with Crippen molar-refractivity contribution in [3.8, 4) is 11.1 Å². The van der Waals surface area contributed by atoms with Crippen LogP contribution in [-0.2, 0) is 0 Å². The number of carbonyl (C=O) groups excluding carboxylic acids is 2. The SMILES string of the molecule is C=C/C=C\C(=C)C(=C)C1=C(C=C)C(=O)c2cccc(-c3ccccc3)c2C1=O. The molecule has 0 N–H and O–H groups in total. The van der Waals surface area contributed by atoms with Gasteiger partial charge >= 0.3 is 0 Å². The van der Waals surface area contributed by atoms with Gasteiger partial charge in [-0.25, -0.2) is 0 Å². The fourth-order valence-corrected chi connectivity index (χ4v) is 3.29. The lowest BCUT2D eigenvalue weighted by molar-refractivity contribution is 0.0980. The Morgan fingerprint density at radius 2 is 1.50 bits per heavy atom. The molecule has 2 nitrogen and oxygen atoms in total. The molecule has 0 heterocycles. The van der Waals surface area contributed by atoms with Gasteiger partial charge < -0.3 is 0 Å². The summed E-state index contributed by atoms with van der Waals surface area (Å²) in [5.41, 5.74) is 3.80. The maximum Gasteiger partial charge on any atom is 0.195 e. The Morgan fingerprint density at radius 3 is 2.14 bits per heavy atom. The van der Waals surface area contributed by atoms with Crippen molar-refractivity contribution >= 4 is 11.6 Å². The number of carbonyl (C=O) groups is 2. The van der Waals surface area contributed by atoms with Crippen LogP contribution >= 0.6 is 0 Å². The van der Waals surface area contributed by atoms with Crippen molar-refractivity contribution in [1.29, 1.82) is 0 Å². The van der Waals surface area contributed by atoms with E-state index in [-0.39, 0.29) is 22.7 Å². The Labute approximate surface area is 165 Å². The standard InChI is InChI=1S/C26H20O2/c1-5-7-12-17(3)18(4)23-20(6-2)25(27)22-16-11-15-21(24(22)26(23)28)19-13-9-8-10-14-19/h5-16H,1-4H2/b12-7-. The number of rotatable bonds is 6. The number of hydrogen-bond acceptors (Lipinski definition) is 2. The van der Waals surface area contributed by atoms with Crippen LogP contribution in [0, 0.1) is 0 Å². The molecule has 0 atom stereocenters. The van der Waals surface area contributed by atoms with Gasteiger partial charge in [-0.1, -0.05) is 99.2 Å². The van der Waals surface area contributed by atoms with Gasteiger partial charge in [0.2, 0.25) is 0 Å². The lowest BCUT2D eigenvalue weighted by atomic mass is 9.77. The monoisotopic (exact) mass is 364 g/mol. The summed E-state index contributed by atoms with van der Waals surface area (Å²) in [4.78, 5) is 26.7. The van der Waals surface area contributed by atoms with E-state index in [1.807, 2.05) is 36.4 Å². The highest BCUT2D eigenvalue weighted by atomic mass is 16.1. The number of hydrogen-bond donors (Lipinski definition) is 0. The minimum atomic E-state index is -0.248. The first kappa shape index (κ1) is 19.0. The van der Waals surface area contributed by atoms with Crippen molar-refractivity contribution in [1.82, 2.24) is 0 Å². The maximum atomic E-state index is 13.5. The summed E-state index contributed by atoms with van der Waals surface area (Å²) in [6, 6.07) is 14.9. The van der Waals surface area contributed by atoms with E-state index < -0.39 is 0 Å². The molecule has 0 aromatic heterocycles. The average molecular weight is 364 g/mol. The largest absolute Gasteiger partial charge is 0.289 e. The summed E-state index contributed by atoms with van der Waals surface area (Å²) in [6.07, 6.45) is 6.45. The number of allylic oxidation sites excluding steroid dienone is 8. The summed E-state index contributed by atoms with van der Waals surface area (Å²) in [5.74, 6) is -0.485. The number of ketones is 2. The van der Waals surface area contributed by atoms with E-state index in [0.717, 1.165) is 11.1 Å². The molecule has 3 rings (SSSR count). The zero-order valence-corrected chi connectivity index (χ0v) is 15.6. The second kappa shape index (κ2) is 7.85. The molecule has 1 aliphatic carbocycles. The Morgan fingerprint density at radius 1 is 0.821 bits per heavy atom. The fourth-order valence-electron chi connectivity index (χ4n) is 3.29. The molecule has 0 unspecified atom stereocenters. The normalized spacial score (nSPS) is 13.4. The van der Waals surface area contributed by atoms with Crippen molar-refractivity contribution in [3.63, 3.8) is 0 Å². The molecule has 2 aromatic carbocycles. The predicted octanol–water partition coefficient (Wildman–Crippen LogP) is 6.07. The molecule has 136 valence electrons. The molecule has 0 amide bonds. The lowest BCUT2D eigenvalue weighted by Crippen LogP contribution is -2.23. The first-order chi connectivity index (χ1) is 13.5. The minimum absolute atomic E-state index is 0.237. The van der Waals surface area contributed by atoms with E-state index in [9.17, 15) is 9.59 Å².